The molecule has 6 heteroatoms. The van der Waals surface area contributed by atoms with E-state index >= 15 is 0 Å². The molecule has 4 aromatic heterocycles. The Balaban J connectivity index is 1.14. The fraction of sp³-hybridized carbons (Fsp3) is 0.0476. The number of thiophene rings is 1. The molecule has 5 aromatic carbocycles. The summed E-state index contributed by atoms with van der Waals surface area (Å²) in [6, 6.07) is 38.3. The van der Waals surface area contributed by atoms with Gasteiger partial charge in [0.05, 0.1) is 5.39 Å². The summed E-state index contributed by atoms with van der Waals surface area (Å²) in [6.07, 6.45) is 11.1. The number of hydrogen-bond acceptors (Lipinski definition) is 6. The van der Waals surface area contributed by atoms with Crippen molar-refractivity contribution in [2.75, 3.05) is 0 Å². The monoisotopic (exact) mass is 634 g/mol. The van der Waals surface area contributed by atoms with Crippen LogP contribution >= 0.6 is 11.3 Å². The Labute approximate surface area is 279 Å². The zero-order chi connectivity index (χ0) is 31.6. The summed E-state index contributed by atoms with van der Waals surface area (Å²) >= 11 is 1.85. The van der Waals surface area contributed by atoms with Crippen molar-refractivity contribution in [1.82, 2.24) is 19.9 Å². The zero-order valence-electron chi connectivity index (χ0n) is 25.7. The van der Waals surface area contributed by atoms with Gasteiger partial charge >= 0.3 is 0 Å². The van der Waals surface area contributed by atoms with E-state index in [0.717, 1.165) is 45.3 Å². The molecule has 1 aliphatic carbocycles. The largest absolute Gasteiger partial charge is 0.438 e. The van der Waals surface area contributed by atoms with Gasteiger partial charge in [-0.3, -0.25) is 0 Å². The second-order valence-corrected chi connectivity index (χ2v) is 13.2. The second-order valence-electron chi connectivity index (χ2n) is 12.2. The summed E-state index contributed by atoms with van der Waals surface area (Å²) < 4.78 is 9.03. The first-order valence-electron chi connectivity index (χ1n) is 16.1. The molecule has 0 spiro atoms. The Kier molecular flexibility index (Phi) is 6.11. The van der Waals surface area contributed by atoms with Crippen LogP contribution in [0, 0.1) is 0 Å². The van der Waals surface area contributed by atoms with E-state index in [1.54, 1.807) is 6.20 Å². The van der Waals surface area contributed by atoms with Gasteiger partial charge in [-0.25, -0.2) is 19.9 Å². The normalized spacial score (nSPS) is 14.6. The van der Waals surface area contributed by atoms with Crippen molar-refractivity contribution < 1.29 is 4.42 Å². The van der Waals surface area contributed by atoms with E-state index in [9.17, 15) is 0 Å². The highest BCUT2D eigenvalue weighted by Gasteiger charge is 2.21. The van der Waals surface area contributed by atoms with Gasteiger partial charge in [-0.1, -0.05) is 109 Å². The van der Waals surface area contributed by atoms with Crippen molar-refractivity contribution in [3.63, 3.8) is 0 Å². The summed E-state index contributed by atoms with van der Waals surface area (Å²) in [7, 11) is 0. The first-order chi connectivity index (χ1) is 23.8. The highest BCUT2D eigenvalue weighted by atomic mass is 32.1. The molecule has 5 nitrogen and oxygen atoms in total. The minimum Gasteiger partial charge on any atom is -0.438 e. The summed E-state index contributed by atoms with van der Waals surface area (Å²) in [5.41, 5.74) is 5.47. The second kappa shape index (κ2) is 10.8. The average molecular weight is 635 g/mol. The van der Waals surface area contributed by atoms with Crippen molar-refractivity contribution >= 4 is 64.4 Å². The Morgan fingerprint density at radius 1 is 0.646 bits per heavy atom. The number of aromatic nitrogens is 4. The van der Waals surface area contributed by atoms with Crippen LogP contribution in [0.15, 0.2) is 144 Å². The standard InChI is InChI=1S/C42H26N4OS/c1-3-11-26(12-4-1)39-44-40(27-13-5-2-6-14-27)46-41(45-39)33-22-23-43-42-37(33)31-20-18-28(24-34(31)47-42)30-16-9-17-32-36-29-15-8-7-10-25(29)19-21-35(36)48-38(30)32/h1-13,15-24,27H,14H2. The van der Waals surface area contributed by atoms with E-state index in [1.807, 2.05) is 47.7 Å². The van der Waals surface area contributed by atoms with Crippen molar-refractivity contribution in [3.8, 4) is 33.9 Å². The van der Waals surface area contributed by atoms with E-state index in [1.165, 1.54) is 36.5 Å². The lowest BCUT2D eigenvalue weighted by Gasteiger charge is -2.14. The molecule has 0 fully saturated rings. The van der Waals surface area contributed by atoms with Gasteiger partial charge in [0.25, 0.3) is 0 Å². The fourth-order valence-electron chi connectivity index (χ4n) is 7.01. The van der Waals surface area contributed by atoms with E-state index in [4.69, 9.17) is 19.4 Å². The topological polar surface area (TPSA) is 64.7 Å². The third kappa shape index (κ3) is 4.30. The van der Waals surface area contributed by atoms with Crippen LogP contribution in [0.25, 0.3) is 86.9 Å². The van der Waals surface area contributed by atoms with Gasteiger partial charge in [0.15, 0.2) is 11.6 Å². The predicted octanol–water partition coefficient (Wildman–Crippen LogP) is 11.3. The molecule has 0 aliphatic heterocycles. The van der Waals surface area contributed by atoms with Gasteiger partial charge in [0.1, 0.15) is 11.4 Å². The maximum atomic E-state index is 6.47. The fourth-order valence-corrected chi connectivity index (χ4v) is 8.27. The number of benzene rings is 5. The molecule has 48 heavy (non-hydrogen) atoms. The van der Waals surface area contributed by atoms with Crippen LogP contribution in [0.2, 0.25) is 0 Å². The zero-order valence-corrected chi connectivity index (χ0v) is 26.5. The van der Waals surface area contributed by atoms with Crippen LogP contribution < -0.4 is 0 Å². The van der Waals surface area contributed by atoms with E-state index in [2.05, 4.69) is 102 Å². The van der Waals surface area contributed by atoms with Crippen LogP contribution in [0.1, 0.15) is 18.2 Å². The summed E-state index contributed by atoms with van der Waals surface area (Å²) in [4.78, 5) is 19.7. The molecule has 0 N–H and O–H groups in total. The predicted molar refractivity (Wildman–Crippen MR) is 197 cm³/mol. The lowest BCUT2D eigenvalue weighted by molar-refractivity contribution is 0.654. The van der Waals surface area contributed by atoms with Crippen molar-refractivity contribution in [2.24, 2.45) is 0 Å². The van der Waals surface area contributed by atoms with Gasteiger partial charge in [-0.05, 0) is 52.6 Å². The van der Waals surface area contributed by atoms with E-state index < -0.39 is 0 Å². The third-order valence-corrected chi connectivity index (χ3v) is 10.5. The Bertz CT molecular complexity index is 2780. The van der Waals surface area contributed by atoms with E-state index in [0.29, 0.717) is 17.4 Å². The summed E-state index contributed by atoms with van der Waals surface area (Å²) in [5.74, 6) is 2.10. The van der Waals surface area contributed by atoms with Gasteiger partial charge in [-0.2, -0.15) is 0 Å². The molecule has 1 atom stereocenters. The lowest BCUT2D eigenvalue weighted by Crippen LogP contribution is -2.08. The molecule has 1 unspecified atom stereocenters. The minimum atomic E-state index is 0.0785. The molecule has 0 saturated heterocycles. The highest BCUT2D eigenvalue weighted by molar-refractivity contribution is 7.26. The lowest BCUT2D eigenvalue weighted by atomic mass is 9.99. The van der Waals surface area contributed by atoms with E-state index in [-0.39, 0.29) is 5.92 Å². The Hall–Kier alpha value is -5.98. The molecule has 10 rings (SSSR count). The van der Waals surface area contributed by atoms with Crippen molar-refractivity contribution in [2.45, 2.75) is 12.3 Å². The number of furan rings is 1. The van der Waals surface area contributed by atoms with Crippen LogP contribution in [0.4, 0.5) is 0 Å². The molecule has 1 aliphatic rings. The van der Waals surface area contributed by atoms with Crippen molar-refractivity contribution in [1.29, 1.82) is 0 Å². The first kappa shape index (κ1) is 27.2. The van der Waals surface area contributed by atoms with Crippen molar-refractivity contribution in [3.05, 3.63) is 146 Å². The third-order valence-electron chi connectivity index (χ3n) is 9.31. The first-order valence-corrected chi connectivity index (χ1v) is 16.9. The maximum absolute atomic E-state index is 6.47. The molecule has 0 saturated carbocycles. The van der Waals surface area contributed by atoms with Gasteiger partial charge < -0.3 is 4.42 Å². The number of nitrogens with zero attached hydrogens (tertiary/aromatic N) is 4. The minimum absolute atomic E-state index is 0.0785. The Morgan fingerprint density at radius 3 is 2.44 bits per heavy atom. The van der Waals surface area contributed by atoms with Crippen LogP contribution in [-0.2, 0) is 0 Å². The number of rotatable bonds is 4. The van der Waals surface area contributed by atoms with Crippen LogP contribution in [0.5, 0.6) is 0 Å². The molecule has 0 radical (unpaired) electrons. The summed E-state index contributed by atoms with van der Waals surface area (Å²) in [5, 5.41) is 7.03. The molecular weight excluding hydrogens is 609 g/mol. The SMILES string of the molecule is C1=CCC(c2nc(-c3ccccc3)nc(-c3ccnc4oc5cc(-c6cccc7c6sc6ccc8ccccc8c67)ccc5c34)n2)C=C1. The maximum Gasteiger partial charge on any atom is 0.228 e. The highest BCUT2D eigenvalue weighted by Crippen LogP contribution is 2.44. The molecule has 0 amide bonds. The molecular formula is C42H26N4OS. The average Bonchev–Trinajstić information content (AvgIpc) is 3.74. The quantitative estimate of drug-likeness (QED) is 0.193. The summed E-state index contributed by atoms with van der Waals surface area (Å²) in [6.45, 7) is 0. The molecule has 0 bridgehead atoms. The molecule has 226 valence electrons. The molecule has 4 heterocycles. The Morgan fingerprint density at radius 2 is 1.52 bits per heavy atom. The van der Waals surface area contributed by atoms with Crippen LogP contribution in [-0.4, -0.2) is 19.9 Å². The molecule has 9 aromatic rings. The van der Waals surface area contributed by atoms with Crippen LogP contribution in [0.3, 0.4) is 0 Å². The van der Waals surface area contributed by atoms with Gasteiger partial charge in [0, 0.05) is 48.8 Å². The number of hydrogen-bond donors (Lipinski definition) is 0. The number of allylic oxidation sites excluding steroid dienone is 4. The smallest absolute Gasteiger partial charge is 0.228 e. The van der Waals surface area contributed by atoms with Gasteiger partial charge in [0.2, 0.25) is 5.71 Å². The number of fused-ring (bicyclic) bond motifs is 8. The van der Waals surface area contributed by atoms with Gasteiger partial charge in [-0.15, -0.1) is 11.3 Å². The number of pyridine rings is 1.